The Hall–Kier alpha value is -2.83. The van der Waals surface area contributed by atoms with Crippen LogP contribution >= 0.6 is 0 Å². The molecule has 0 fully saturated rings. The van der Waals surface area contributed by atoms with Crippen molar-refractivity contribution in [1.29, 1.82) is 0 Å². The minimum absolute atomic E-state index is 0.0331. The van der Waals surface area contributed by atoms with Crippen molar-refractivity contribution in [3.8, 4) is 5.75 Å². The van der Waals surface area contributed by atoms with Crippen LogP contribution in [-0.4, -0.2) is 46.3 Å². The SMILES string of the molecule is CCOC(=O)c1c2c(nn1C)CCN(C(=O)COc1cccc(C)c1C)C2. The number of nitrogens with zero attached hydrogens (tertiary/aromatic N) is 3. The molecule has 0 unspecified atom stereocenters. The highest BCUT2D eigenvalue weighted by Crippen LogP contribution is 2.24. The average Bonchev–Trinajstić information content (AvgIpc) is 2.97. The van der Waals surface area contributed by atoms with Crippen molar-refractivity contribution in [3.63, 3.8) is 0 Å². The van der Waals surface area contributed by atoms with Gasteiger partial charge in [0, 0.05) is 25.6 Å². The molecular weight excluding hydrogens is 346 g/mol. The predicted octanol–water partition coefficient (Wildman–Crippen LogP) is 2.18. The molecule has 0 atom stereocenters. The molecule has 1 aliphatic rings. The summed E-state index contributed by atoms with van der Waals surface area (Å²) in [5, 5.41) is 4.41. The van der Waals surface area contributed by atoms with E-state index in [2.05, 4.69) is 5.10 Å². The number of hydrogen-bond donors (Lipinski definition) is 0. The van der Waals surface area contributed by atoms with E-state index >= 15 is 0 Å². The molecule has 1 aliphatic heterocycles. The van der Waals surface area contributed by atoms with Crippen LogP contribution < -0.4 is 4.74 Å². The highest BCUT2D eigenvalue weighted by Gasteiger charge is 2.30. The van der Waals surface area contributed by atoms with Crippen LogP contribution in [-0.2, 0) is 29.5 Å². The maximum absolute atomic E-state index is 12.6. The minimum atomic E-state index is -0.408. The van der Waals surface area contributed by atoms with Gasteiger partial charge in [0.1, 0.15) is 5.75 Å². The van der Waals surface area contributed by atoms with Gasteiger partial charge in [0.2, 0.25) is 0 Å². The molecule has 144 valence electrons. The Morgan fingerprint density at radius 2 is 2.04 bits per heavy atom. The zero-order valence-corrected chi connectivity index (χ0v) is 16.2. The Morgan fingerprint density at radius 1 is 1.26 bits per heavy atom. The largest absolute Gasteiger partial charge is 0.483 e. The van der Waals surface area contributed by atoms with Gasteiger partial charge in [-0.2, -0.15) is 5.10 Å². The molecule has 2 heterocycles. The summed E-state index contributed by atoms with van der Waals surface area (Å²) in [7, 11) is 1.72. The van der Waals surface area contributed by atoms with Crippen molar-refractivity contribution < 1.29 is 19.1 Å². The van der Waals surface area contributed by atoms with Crippen LogP contribution in [0.4, 0.5) is 0 Å². The Labute approximate surface area is 158 Å². The number of fused-ring (bicyclic) bond motifs is 1. The van der Waals surface area contributed by atoms with Gasteiger partial charge in [-0.25, -0.2) is 4.79 Å². The molecule has 7 nitrogen and oxygen atoms in total. The fourth-order valence-electron chi connectivity index (χ4n) is 3.28. The van der Waals surface area contributed by atoms with Crippen molar-refractivity contribution in [1.82, 2.24) is 14.7 Å². The second-order valence-corrected chi connectivity index (χ2v) is 6.67. The summed E-state index contributed by atoms with van der Waals surface area (Å²) in [5.41, 5.74) is 4.18. The van der Waals surface area contributed by atoms with E-state index in [1.54, 1.807) is 23.6 Å². The maximum atomic E-state index is 12.6. The van der Waals surface area contributed by atoms with E-state index in [9.17, 15) is 9.59 Å². The van der Waals surface area contributed by atoms with E-state index in [-0.39, 0.29) is 12.5 Å². The summed E-state index contributed by atoms with van der Waals surface area (Å²) < 4.78 is 12.4. The first-order chi connectivity index (χ1) is 12.9. The standard InChI is InChI=1S/C20H25N3O4/c1-5-26-20(25)19-15-11-23(10-9-16(15)21-22(19)4)18(24)12-27-17-8-6-7-13(2)14(17)3/h6-8H,5,9-12H2,1-4H3. The fraction of sp³-hybridized carbons (Fsp3) is 0.450. The van der Waals surface area contributed by atoms with Gasteiger partial charge < -0.3 is 14.4 Å². The second-order valence-electron chi connectivity index (χ2n) is 6.67. The quantitative estimate of drug-likeness (QED) is 0.753. The third-order valence-electron chi connectivity index (χ3n) is 4.92. The van der Waals surface area contributed by atoms with Gasteiger partial charge in [0.25, 0.3) is 5.91 Å². The summed E-state index contributed by atoms with van der Waals surface area (Å²) in [4.78, 5) is 26.6. The summed E-state index contributed by atoms with van der Waals surface area (Å²) in [6.45, 7) is 6.91. The fourth-order valence-corrected chi connectivity index (χ4v) is 3.28. The smallest absolute Gasteiger partial charge is 0.356 e. The van der Waals surface area contributed by atoms with E-state index < -0.39 is 5.97 Å². The number of aryl methyl sites for hydroxylation is 2. The van der Waals surface area contributed by atoms with Gasteiger partial charge in [-0.05, 0) is 38.0 Å². The molecule has 0 saturated heterocycles. The van der Waals surface area contributed by atoms with Crippen LogP contribution in [0.15, 0.2) is 18.2 Å². The number of carbonyl (C=O) groups is 2. The van der Waals surface area contributed by atoms with Crippen molar-refractivity contribution in [2.45, 2.75) is 33.7 Å². The molecule has 0 saturated carbocycles. The van der Waals surface area contributed by atoms with Gasteiger partial charge >= 0.3 is 5.97 Å². The van der Waals surface area contributed by atoms with Crippen LogP contribution in [0.25, 0.3) is 0 Å². The number of benzene rings is 1. The third-order valence-corrected chi connectivity index (χ3v) is 4.92. The van der Waals surface area contributed by atoms with E-state index in [1.165, 1.54) is 0 Å². The molecule has 27 heavy (non-hydrogen) atoms. The molecule has 1 amide bonds. The molecule has 2 aromatic rings. The van der Waals surface area contributed by atoms with Crippen LogP contribution in [0, 0.1) is 13.8 Å². The molecule has 1 aromatic heterocycles. The maximum Gasteiger partial charge on any atom is 0.356 e. The predicted molar refractivity (Wildman–Crippen MR) is 99.7 cm³/mol. The van der Waals surface area contributed by atoms with Gasteiger partial charge in [0.15, 0.2) is 12.3 Å². The summed E-state index contributed by atoms with van der Waals surface area (Å²) >= 11 is 0. The zero-order valence-electron chi connectivity index (χ0n) is 16.2. The molecule has 0 N–H and O–H groups in total. The Balaban J connectivity index is 1.71. The molecule has 1 aromatic carbocycles. The summed E-state index contributed by atoms with van der Waals surface area (Å²) in [6, 6.07) is 5.79. The number of aromatic nitrogens is 2. The zero-order chi connectivity index (χ0) is 19.6. The number of rotatable bonds is 5. The number of amides is 1. The van der Waals surface area contributed by atoms with E-state index in [0.717, 1.165) is 28.1 Å². The normalized spacial score (nSPS) is 13.3. The van der Waals surface area contributed by atoms with Crippen molar-refractivity contribution in [2.75, 3.05) is 19.8 Å². The molecule has 3 rings (SSSR count). The first-order valence-corrected chi connectivity index (χ1v) is 9.11. The number of hydrogen-bond acceptors (Lipinski definition) is 5. The Morgan fingerprint density at radius 3 is 2.78 bits per heavy atom. The van der Waals surface area contributed by atoms with Gasteiger partial charge in [-0.15, -0.1) is 0 Å². The summed E-state index contributed by atoms with van der Waals surface area (Å²) in [6.07, 6.45) is 0.609. The van der Waals surface area contributed by atoms with Crippen molar-refractivity contribution in [2.24, 2.45) is 7.05 Å². The minimum Gasteiger partial charge on any atom is -0.483 e. The first kappa shape index (κ1) is 18.9. The Kier molecular flexibility index (Phi) is 5.48. The number of esters is 1. The lowest BCUT2D eigenvalue weighted by molar-refractivity contribution is -0.134. The molecule has 0 spiro atoms. The lowest BCUT2D eigenvalue weighted by atomic mass is 10.1. The van der Waals surface area contributed by atoms with E-state index in [1.807, 2.05) is 32.0 Å². The van der Waals surface area contributed by atoms with Crippen molar-refractivity contribution >= 4 is 11.9 Å². The molecule has 7 heteroatoms. The van der Waals surface area contributed by atoms with E-state index in [0.29, 0.717) is 31.8 Å². The molecule has 0 bridgehead atoms. The molecular formula is C20H25N3O4. The van der Waals surface area contributed by atoms with Crippen molar-refractivity contribution in [3.05, 3.63) is 46.3 Å². The van der Waals surface area contributed by atoms with Gasteiger partial charge in [0.05, 0.1) is 18.8 Å². The highest BCUT2D eigenvalue weighted by atomic mass is 16.5. The highest BCUT2D eigenvalue weighted by molar-refractivity contribution is 5.90. The lowest BCUT2D eigenvalue weighted by Gasteiger charge is -2.27. The van der Waals surface area contributed by atoms with Crippen LogP contribution in [0.2, 0.25) is 0 Å². The number of ether oxygens (including phenoxy) is 2. The van der Waals surface area contributed by atoms with Crippen LogP contribution in [0.1, 0.15) is 39.8 Å². The average molecular weight is 371 g/mol. The van der Waals surface area contributed by atoms with Crippen LogP contribution in [0.3, 0.4) is 0 Å². The summed E-state index contributed by atoms with van der Waals surface area (Å²) in [5.74, 6) is 0.199. The number of carbonyl (C=O) groups excluding carboxylic acids is 2. The van der Waals surface area contributed by atoms with Gasteiger partial charge in [-0.1, -0.05) is 12.1 Å². The first-order valence-electron chi connectivity index (χ1n) is 9.11. The van der Waals surface area contributed by atoms with Crippen LogP contribution in [0.5, 0.6) is 5.75 Å². The van der Waals surface area contributed by atoms with E-state index in [4.69, 9.17) is 9.47 Å². The monoisotopic (exact) mass is 371 g/mol. The molecule has 0 aliphatic carbocycles. The lowest BCUT2D eigenvalue weighted by Crippen LogP contribution is -2.39. The molecule has 0 radical (unpaired) electrons. The Bertz CT molecular complexity index is 872. The topological polar surface area (TPSA) is 73.7 Å². The van der Waals surface area contributed by atoms with Gasteiger partial charge in [-0.3, -0.25) is 9.48 Å². The third kappa shape index (κ3) is 3.82. The second kappa shape index (κ2) is 7.82.